The molecule has 1 aliphatic carbocycles. The van der Waals surface area contributed by atoms with Crippen LogP contribution in [0.15, 0.2) is 42.7 Å². The molecule has 3 aromatic rings. The first-order valence-electron chi connectivity index (χ1n) is 10.0. The number of rotatable bonds is 7. The van der Waals surface area contributed by atoms with Crippen LogP contribution in [0, 0.1) is 13.8 Å². The van der Waals surface area contributed by atoms with Crippen LogP contribution in [0.5, 0.6) is 5.75 Å². The van der Waals surface area contributed by atoms with Crippen LogP contribution in [0.2, 0.25) is 5.15 Å². The fourth-order valence-corrected chi connectivity index (χ4v) is 4.78. The molecule has 1 saturated carbocycles. The molecule has 2 heterocycles. The molecule has 1 aromatic carbocycles. The number of nitrogens with zero attached hydrogens (tertiary/aromatic N) is 3. The van der Waals surface area contributed by atoms with E-state index in [1.807, 2.05) is 56.0 Å². The molecule has 1 fully saturated rings. The lowest BCUT2D eigenvalue weighted by Gasteiger charge is -2.29. The summed E-state index contributed by atoms with van der Waals surface area (Å²) in [7, 11) is 0. The third kappa shape index (κ3) is 4.35. The van der Waals surface area contributed by atoms with Gasteiger partial charge in [0.15, 0.2) is 5.15 Å². The average Bonchev–Trinajstić information content (AvgIpc) is 3.48. The molecule has 0 spiro atoms. The summed E-state index contributed by atoms with van der Waals surface area (Å²) < 4.78 is 6.13. The zero-order chi connectivity index (χ0) is 21.3. The Morgan fingerprint density at radius 3 is 2.63 bits per heavy atom. The molecule has 30 heavy (non-hydrogen) atoms. The molecule has 0 saturated heterocycles. The van der Waals surface area contributed by atoms with Crippen molar-refractivity contribution in [2.75, 3.05) is 6.61 Å². The Morgan fingerprint density at radius 1 is 1.27 bits per heavy atom. The van der Waals surface area contributed by atoms with E-state index in [1.165, 1.54) is 11.3 Å². The highest BCUT2D eigenvalue weighted by atomic mass is 35.5. The summed E-state index contributed by atoms with van der Waals surface area (Å²) in [5, 5.41) is 0.948. The molecule has 1 unspecified atom stereocenters. The lowest BCUT2D eigenvalue weighted by molar-refractivity contribution is 0.0620. The number of halogens is 1. The lowest BCUT2D eigenvalue weighted by atomic mass is 10.1. The summed E-state index contributed by atoms with van der Waals surface area (Å²) in [6, 6.07) is 10.00. The highest BCUT2D eigenvalue weighted by molar-refractivity contribution is 7.17. The van der Waals surface area contributed by atoms with E-state index >= 15 is 0 Å². The summed E-state index contributed by atoms with van der Waals surface area (Å²) in [6.07, 6.45) is 5.44. The van der Waals surface area contributed by atoms with E-state index in [2.05, 4.69) is 9.97 Å². The van der Waals surface area contributed by atoms with Crippen molar-refractivity contribution >= 4 is 28.8 Å². The number of carbonyl (C=O) groups excluding carboxylic acids is 1. The fourth-order valence-electron chi connectivity index (χ4n) is 3.55. The summed E-state index contributed by atoms with van der Waals surface area (Å²) in [5.41, 5.74) is 3.05. The molecule has 1 amide bonds. The maximum Gasteiger partial charge on any atom is 0.267 e. The van der Waals surface area contributed by atoms with Crippen molar-refractivity contribution in [1.29, 1.82) is 0 Å². The van der Waals surface area contributed by atoms with Gasteiger partial charge >= 0.3 is 0 Å². The summed E-state index contributed by atoms with van der Waals surface area (Å²) >= 11 is 7.69. The number of aromatic nitrogens is 2. The van der Waals surface area contributed by atoms with Crippen molar-refractivity contribution in [3.8, 4) is 16.3 Å². The molecule has 156 valence electrons. The zero-order valence-corrected chi connectivity index (χ0v) is 18.8. The van der Waals surface area contributed by atoms with E-state index in [0.29, 0.717) is 16.5 Å². The third-order valence-electron chi connectivity index (χ3n) is 5.22. The van der Waals surface area contributed by atoms with Gasteiger partial charge in [-0.15, -0.1) is 11.3 Å². The Kier molecular flexibility index (Phi) is 6.06. The molecule has 0 bridgehead atoms. The Bertz CT molecular complexity index is 1030. The summed E-state index contributed by atoms with van der Waals surface area (Å²) in [5.74, 6) is 0.815. The first kappa shape index (κ1) is 20.8. The van der Waals surface area contributed by atoms with Crippen LogP contribution in [-0.2, 0) is 0 Å². The van der Waals surface area contributed by atoms with Gasteiger partial charge in [0.05, 0.1) is 6.04 Å². The van der Waals surface area contributed by atoms with Crippen molar-refractivity contribution in [3.63, 3.8) is 0 Å². The fraction of sp³-hybridized carbons (Fsp3) is 0.348. The van der Waals surface area contributed by atoms with Crippen molar-refractivity contribution in [2.45, 2.75) is 45.7 Å². The lowest BCUT2D eigenvalue weighted by Crippen LogP contribution is -2.43. The smallest absolute Gasteiger partial charge is 0.267 e. The van der Waals surface area contributed by atoms with E-state index in [1.54, 1.807) is 12.4 Å². The number of ether oxygens (including phenoxy) is 1. The maximum absolute atomic E-state index is 13.4. The monoisotopic (exact) mass is 441 g/mol. The van der Waals surface area contributed by atoms with Gasteiger partial charge < -0.3 is 9.64 Å². The molecular weight excluding hydrogens is 418 g/mol. The van der Waals surface area contributed by atoms with Gasteiger partial charge in [-0.3, -0.25) is 9.78 Å². The minimum absolute atomic E-state index is 0.0762. The number of benzene rings is 1. The molecule has 1 atom stereocenters. The standard InChI is InChI=1S/C23H24ClN3O2S/c1-14-6-4-7-15(2)19(14)29-13-16(3)27(18-9-10-18)23(28)20-21(24)26-22(30-20)17-8-5-11-25-12-17/h4-8,11-12,16,18H,9-10,13H2,1-3H3. The topological polar surface area (TPSA) is 55.3 Å². The molecule has 5 nitrogen and oxygen atoms in total. The van der Waals surface area contributed by atoms with Crippen LogP contribution >= 0.6 is 22.9 Å². The number of hydrogen-bond donors (Lipinski definition) is 0. The number of para-hydroxylation sites is 1. The number of carbonyl (C=O) groups is 1. The van der Waals surface area contributed by atoms with Gasteiger partial charge in [0.1, 0.15) is 22.2 Å². The number of amides is 1. The Hall–Kier alpha value is -2.44. The molecule has 0 N–H and O–H groups in total. The number of hydrogen-bond acceptors (Lipinski definition) is 5. The van der Waals surface area contributed by atoms with Crippen LogP contribution in [0.25, 0.3) is 10.6 Å². The van der Waals surface area contributed by atoms with Gasteiger partial charge in [-0.1, -0.05) is 29.8 Å². The third-order valence-corrected chi connectivity index (χ3v) is 6.69. The van der Waals surface area contributed by atoms with Gasteiger partial charge in [-0.25, -0.2) is 4.98 Å². The molecule has 4 rings (SSSR count). The van der Waals surface area contributed by atoms with Crippen molar-refractivity contribution in [1.82, 2.24) is 14.9 Å². The summed E-state index contributed by atoms with van der Waals surface area (Å²) in [6.45, 7) is 6.53. The van der Waals surface area contributed by atoms with Gasteiger partial charge in [-0.05, 0) is 56.9 Å². The molecule has 1 aliphatic rings. The molecular formula is C23H24ClN3O2S. The largest absolute Gasteiger partial charge is 0.491 e. The quantitative estimate of drug-likeness (QED) is 0.482. The number of pyridine rings is 1. The van der Waals surface area contributed by atoms with Crippen molar-refractivity contribution in [2.24, 2.45) is 0 Å². The highest BCUT2D eigenvalue weighted by Crippen LogP contribution is 2.36. The SMILES string of the molecule is Cc1cccc(C)c1OCC(C)N(C(=O)c1sc(-c2cccnc2)nc1Cl)C1CC1. The van der Waals surface area contributed by atoms with Crippen LogP contribution < -0.4 is 4.74 Å². The molecule has 2 aromatic heterocycles. The second-order valence-corrected chi connectivity index (χ2v) is 9.06. The predicted molar refractivity (Wildman–Crippen MR) is 120 cm³/mol. The van der Waals surface area contributed by atoms with Crippen molar-refractivity contribution in [3.05, 3.63) is 63.9 Å². The molecule has 0 aliphatic heterocycles. The molecule has 7 heteroatoms. The number of thiazole rings is 1. The average molecular weight is 442 g/mol. The van der Waals surface area contributed by atoms with Gasteiger partial charge in [0.25, 0.3) is 5.91 Å². The minimum Gasteiger partial charge on any atom is -0.491 e. The van der Waals surface area contributed by atoms with Crippen LogP contribution in [0.3, 0.4) is 0 Å². The Labute approximate surface area is 185 Å². The van der Waals surface area contributed by atoms with E-state index < -0.39 is 0 Å². The van der Waals surface area contributed by atoms with E-state index in [4.69, 9.17) is 16.3 Å². The van der Waals surface area contributed by atoms with Crippen molar-refractivity contribution < 1.29 is 9.53 Å². The first-order valence-corrected chi connectivity index (χ1v) is 11.2. The molecule has 0 radical (unpaired) electrons. The van der Waals surface area contributed by atoms with Gasteiger partial charge in [0, 0.05) is 24.0 Å². The van der Waals surface area contributed by atoms with Gasteiger partial charge in [0.2, 0.25) is 0 Å². The first-order chi connectivity index (χ1) is 14.5. The van der Waals surface area contributed by atoms with E-state index in [9.17, 15) is 4.79 Å². The Balaban J connectivity index is 1.53. The van der Waals surface area contributed by atoms with Crippen LogP contribution in [0.4, 0.5) is 0 Å². The highest BCUT2D eigenvalue weighted by Gasteiger charge is 2.38. The Morgan fingerprint density at radius 2 is 2.00 bits per heavy atom. The predicted octanol–water partition coefficient (Wildman–Crippen LogP) is 5.55. The summed E-state index contributed by atoms with van der Waals surface area (Å²) in [4.78, 5) is 24.3. The van der Waals surface area contributed by atoms with Crippen LogP contribution in [-0.4, -0.2) is 39.5 Å². The second kappa shape index (κ2) is 8.74. The maximum atomic E-state index is 13.4. The van der Waals surface area contributed by atoms with Gasteiger partial charge in [-0.2, -0.15) is 0 Å². The van der Waals surface area contributed by atoms with E-state index in [0.717, 1.165) is 35.3 Å². The number of aryl methyl sites for hydroxylation is 2. The van der Waals surface area contributed by atoms with Crippen LogP contribution in [0.1, 0.15) is 40.6 Å². The normalized spacial score (nSPS) is 14.4. The second-order valence-electron chi connectivity index (χ2n) is 7.71. The zero-order valence-electron chi connectivity index (χ0n) is 17.3. The minimum atomic E-state index is -0.0796. The van der Waals surface area contributed by atoms with E-state index in [-0.39, 0.29) is 23.1 Å².